The van der Waals surface area contributed by atoms with E-state index >= 15 is 0 Å². The van der Waals surface area contributed by atoms with Crippen LogP contribution in [-0.2, 0) is 0 Å². The fraction of sp³-hybridized carbons (Fsp3) is 0.273. The predicted molar refractivity (Wildman–Crippen MR) is 53.4 cm³/mol. The number of aryl methyl sites for hydroxylation is 2. The van der Waals surface area contributed by atoms with Gasteiger partial charge in [0, 0.05) is 0 Å². The third kappa shape index (κ3) is 1.07. The fourth-order valence-electron chi connectivity index (χ4n) is 2.02. The van der Waals surface area contributed by atoms with Crippen LogP contribution < -0.4 is 0 Å². The Kier molecular flexibility index (Phi) is 1.91. The van der Waals surface area contributed by atoms with Crippen molar-refractivity contribution in [2.24, 2.45) is 0 Å². The molecule has 0 heterocycles. The molecule has 1 aliphatic carbocycles. The molecule has 1 aromatic carbocycles. The molecule has 0 aliphatic heterocycles. The summed E-state index contributed by atoms with van der Waals surface area (Å²) in [6, 6.07) is 4.42. The zero-order valence-electron chi connectivity index (χ0n) is 7.89. The van der Waals surface area contributed by atoms with E-state index in [-0.39, 0.29) is 0 Å². The van der Waals surface area contributed by atoms with Gasteiger partial charge in [-0.3, -0.25) is 0 Å². The zero-order valence-corrected chi connectivity index (χ0v) is 7.89. The van der Waals surface area contributed by atoms with Crippen LogP contribution in [0.1, 0.15) is 26.8 Å². The second-order valence-corrected chi connectivity index (χ2v) is 3.67. The molecule has 0 aromatic heterocycles. The molecule has 1 unspecified atom stereocenters. The molecule has 1 atom stereocenters. The summed E-state index contributed by atoms with van der Waals surface area (Å²) in [6.45, 7) is 4.38. The third-order valence-corrected chi connectivity index (χ3v) is 2.73. The Morgan fingerprint density at radius 2 is 1.83 bits per heavy atom. The summed E-state index contributed by atoms with van der Waals surface area (Å²) in [7, 11) is 0. The van der Waals surface area contributed by atoms with Crippen molar-refractivity contribution >= 4 is 23.8 Å². The fourth-order valence-corrected chi connectivity index (χ4v) is 2.02. The van der Waals surface area contributed by atoms with Crippen LogP contribution in [0.5, 0.6) is 0 Å². The van der Waals surface area contributed by atoms with Gasteiger partial charge in [0.15, 0.2) is 0 Å². The van der Waals surface area contributed by atoms with Crippen LogP contribution in [0.4, 0.5) is 0 Å². The summed E-state index contributed by atoms with van der Waals surface area (Å²) < 4.78 is 0.611. The Hall–Kier alpha value is -0.443. The Balaban J connectivity index is 2.71. The molecule has 0 amide bonds. The molecule has 2 rings (SSSR count). The molecule has 1 aromatic rings. The van der Waals surface area contributed by atoms with Gasteiger partial charge in [-0.2, -0.15) is 0 Å². The number of hydrogen-bond acceptors (Lipinski definition) is 0. The zero-order chi connectivity index (χ0) is 8.72. The van der Waals surface area contributed by atoms with Gasteiger partial charge in [0.2, 0.25) is 0 Å². The number of hydrogen-bond donors (Lipinski definition) is 0. The van der Waals surface area contributed by atoms with E-state index in [1.54, 1.807) is 0 Å². The van der Waals surface area contributed by atoms with E-state index < -0.39 is 0 Å². The summed E-state index contributed by atoms with van der Waals surface area (Å²) in [5.74, 6) is 0. The first-order valence-corrected chi connectivity index (χ1v) is 4.48. The topological polar surface area (TPSA) is 0 Å². The van der Waals surface area contributed by atoms with Crippen LogP contribution in [0.3, 0.4) is 0 Å². The molecule has 0 nitrogen and oxygen atoms in total. The quantitative estimate of drug-likeness (QED) is 0.498. The van der Waals surface area contributed by atoms with Crippen LogP contribution in [-0.4, -0.2) is 17.7 Å². The van der Waals surface area contributed by atoms with Gasteiger partial charge in [0.05, 0.1) is 0 Å². The Morgan fingerprint density at radius 3 is 2.50 bits per heavy atom. The molecule has 12 heavy (non-hydrogen) atoms. The number of benzene rings is 1. The normalized spacial score (nSPS) is 19.8. The molecule has 1 aliphatic rings. The van der Waals surface area contributed by atoms with E-state index in [0.29, 0.717) is 4.59 Å². The van der Waals surface area contributed by atoms with E-state index in [1.165, 1.54) is 22.3 Å². The first-order chi connectivity index (χ1) is 5.70. The summed E-state index contributed by atoms with van der Waals surface area (Å²) in [4.78, 5) is 0. The summed E-state index contributed by atoms with van der Waals surface area (Å²) in [5.41, 5.74) is 5.79. The molecule has 0 fully saturated rings. The van der Waals surface area contributed by atoms with Crippen molar-refractivity contribution in [3.8, 4) is 0 Å². The van der Waals surface area contributed by atoms with Crippen molar-refractivity contribution in [3.63, 3.8) is 0 Å². The third-order valence-electron chi connectivity index (χ3n) is 2.73. The van der Waals surface area contributed by atoms with Crippen LogP contribution in [0.2, 0.25) is 0 Å². The van der Waals surface area contributed by atoms with Crippen molar-refractivity contribution in [2.45, 2.75) is 18.4 Å². The second-order valence-electron chi connectivity index (χ2n) is 3.67. The molecule has 0 saturated carbocycles. The van der Waals surface area contributed by atoms with E-state index in [1.807, 2.05) is 0 Å². The molecule has 1 heteroatoms. The van der Waals surface area contributed by atoms with Crippen molar-refractivity contribution in [3.05, 3.63) is 40.5 Å². The minimum absolute atomic E-state index is 0.611. The van der Waals surface area contributed by atoms with E-state index in [0.717, 1.165) is 0 Å². The van der Waals surface area contributed by atoms with Gasteiger partial charge in [0.25, 0.3) is 0 Å². The number of fused-ring (bicyclic) bond motifs is 1. The van der Waals surface area contributed by atoms with Crippen molar-refractivity contribution < 1.29 is 0 Å². The molecular weight excluding hydrogens is 139 g/mol. The number of rotatable bonds is 0. The summed E-state index contributed by atoms with van der Waals surface area (Å²) in [6.07, 6.45) is 4.53. The molecule has 0 saturated heterocycles. The molecule has 0 radical (unpaired) electrons. The Morgan fingerprint density at radius 1 is 1.17 bits per heavy atom. The second kappa shape index (κ2) is 2.80. The average molecular weight is 150 g/mol. The van der Waals surface area contributed by atoms with Crippen LogP contribution >= 0.6 is 0 Å². The standard InChI is InChI=1S/C11H11.Li/c1-8-6-7-9(2)11-5-3-4-10(8)11;/h3-7H,1-2H3;. The first kappa shape index (κ1) is 8.17. The minimum atomic E-state index is 0.611. The van der Waals surface area contributed by atoms with E-state index in [4.69, 9.17) is 0 Å². The van der Waals surface area contributed by atoms with Crippen LogP contribution in [0, 0.1) is 13.8 Å². The van der Waals surface area contributed by atoms with Gasteiger partial charge >= 0.3 is 82.7 Å². The summed E-state index contributed by atoms with van der Waals surface area (Å²) in [5, 5.41) is 0. The van der Waals surface area contributed by atoms with E-state index in [9.17, 15) is 0 Å². The van der Waals surface area contributed by atoms with Crippen molar-refractivity contribution in [1.82, 2.24) is 0 Å². The molecule has 0 spiro atoms. The Labute approximate surface area is 82.9 Å². The maximum atomic E-state index is 2.28. The summed E-state index contributed by atoms with van der Waals surface area (Å²) >= 11 is 2.26. The first-order valence-electron chi connectivity index (χ1n) is 4.48. The van der Waals surface area contributed by atoms with Crippen molar-refractivity contribution in [1.29, 1.82) is 0 Å². The molecule has 0 N–H and O–H groups in total. The molecular formula is C11H11Li. The monoisotopic (exact) mass is 150 g/mol. The van der Waals surface area contributed by atoms with Crippen molar-refractivity contribution in [2.75, 3.05) is 0 Å². The van der Waals surface area contributed by atoms with E-state index in [2.05, 4.69) is 55.8 Å². The van der Waals surface area contributed by atoms with Gasteiger partial charge in [-0.15, -0.1) is 0 Å². The molecule has 0 bridgehead atoms. The SMILES string of the molecule is [Li][CH]1C=Cc2c(C)ccc(C)c21. The van der Waals surface area contributed by atoms with Gasteiger partial charge in [-0.1, -0.05) is 0 Å². The van der Waals surface area contributed by atoms with Gasteiger partial charge in [-0.25, -0.2) is 0 Å². The van der Waals surface area contributed by atoms with Crippen LogP contribution in [0.25, 0.3) is 6.08 Å². The Bertz CT molecular complexity index is 350. The molecule has 56 valence electrons. The maximum absolute atomic E-state index is 2.28. The van der Waals surface area contributed by atoms with Gasteiger partial charge < -0.3 is 0 Å². The van der Waals surface area contributed by atoms with Gasteiger partial charge in [0.1, 0.15) is 0 Å². The van der Waals surface area contributed by atoms with Gasteiger partial charge in [-0.05, 0) is 0 Å². The predicted octanol–water partition coefficient (Wildman–Crippen LogP) is 2.54. The average Bonchev–Trinajstić information content (AvgIpc) is 2.42. The number of allylic oxidation sites excluding steroid dienone is 1. The van der Waals surface area contributed by atoms with Crippen LogP contribution in [0.15, 0.2) is 18.2 Å².